The predicted molar refractivity (Wildman–Crippen MR) is 134 cm³/mol. The van der Waals surface area contributed by atoms with E-state index in [-0.39, 0.29) is 29.7 Å². The first kappa shape index (κ1) is 28.6. The average Bonchev–Trinajstić information content (AvgIpc) is 2.83. The maximum Gasteiger partial charge on any atom is 0.253 e. The van der Waals surface area contributed by atoms with Crippen LogP contribution in [0.1, 0.15) is 87.4 Å². The zero-order valence-corrected chi connectivity index (χ0v) is 21.2. The fourth-order valence-corrected chi connectivity index (χ4v) is 3.45. The van der Waals surface area contributed by atoms with Gasteiger partial charge in [-0.15, -0.1) is 0 Å². The van der Waals surface area contributed by atoms with E-state index in [0.29, 0.717) is 56.1 Å². The first-order valence-corrected chi connectivity index (χ1v) is 12.4. The third-order valence-corrected chi connectivity index (χ3v) is 5.91. The average molecular weight is 461 g/mol. The summed E-state index contributed by atoms with van der Waals surface area (Å²) in [6.45, 7) is 12.6. The lowest BCUT2D eigenvalue weighted by molar-refractivity contribution is -0.124. The van der Waals surface area contributed by atoms with Gasteiger partial charge in [0.1, 0.15) is 0 Å². The molecular formula is C26H44N4O3. The van der Waals surface area contributed by atoms with Gasteiger partial charge < -0.3 is 21.3 Å². The summed E-state index contributed by atoms with van der Waals surface area (Å²) in [6, 6.07) is 6.58. The van der Waals surface area contributed by atoms with Crippen LogP contribution in [0.25, 0.3) is 0 Å². The van der Waals surface area contributed by atoms with Crippen molar-refractivity contribution in [2.24, 2.45) is 17.6 Å². The molecule has 1 aromatic carbocycles. The Balaban J connectivity index is 2.54. The Morgan fingerprint density at radius 3 is 2.18 bits per heavy atom. The second-order valence-corrected chi connectivity index (χ2v) is 9.08. The van der Waals surface area contributed by atoms with E-state index in [9.17, 15) is 14.4 Å². The molecule has 0 spiro atoms. The summed E-state index contributed by atoms with van der Waals surface area (Å²) in [6.07, 6.45) is 4.12. The summed E-state index contributed by atoms with van der Waals surface area (Å²) in [5.41, 5.74) is 7.13. The Morgan fingerprint density at radius 1 is 0.939 bits per heavy atom. The van der Waals surface area contributed by atoms with Crippen LogP contribution in [0.3, 0.4) is 0 Å². The van der Waals surface area contributed by atoms with Gasteiger partial charge in [0.25, 0.3) is 11.8 Å². The van der Waals surface area contributed by atoms with Crippen LogP contribution >= 0.6 is 0 Å². The Kier molecular flexibility index (Phi) is 13.4. The minimum atomic E-state index is -0.253. The normalized spacial score (nSPS) is 13.6. The van der Waals surface area contributed by atoms with Crippen LogP contribution in [0.2, 0.25) is 0 Å². The van der Waals surface area contributed by atoms with Crippen LogP contribution in [0.4, 0.5) is 0 Å². The minimum absolute atomic E-state index is 0.0493. The van der Waals surface area contributed by atoms with Crippen molar-refractivity contribution in [2.75, 3.05) is 26.2 Å². The van der Waals surface area contributed by atoms with Crippen LogP contribution in [-0.2, 0) is 4.79 Å². The van der Waals surface area contributed by atoms with Crippen molar-refractivity contribution in [3.05, 3.63) is 35.4 Å². The van der Waals surface area contributed by atoms with Crippen LogP contribution in [0.15, 0.2) is 24.3 Å². The lowest BCUT2D eigenvalue weighted by Crippen LogP contribution is -2.38. The molecule has 0 fully saturated rings. The number of amides is 3. The highest BCUT2D eigenvalue weighted by molar-refractivity contribution is 5.99. The molecule has 0 aliphatic rings. The summed E-state index contributed by atoms with van der Waals surface area (Å²) in [4.78, 5) is 39.4. The number of nitrogens with one attached hydrogen (secondary N) is 2. The molecule has 186 valence electrons. The van der Waals surface area contributed by atoms with E-state index >= 15 is 0 Å². The monoisotopic (exact) mass is 460 g/mol. The highest BCUT2D eigenvalue weighted by atomic mass is 16.2. The molecule has 0 heterocycles. The molecule has 3 amide bonds. The molecule has 0 saturated carbocycles. The van der Waals surface area contributed by atoms with Gasteiger partial charge in [-0.05, 0) is 49.8 Å². The lowest BCUT2D eigenvalue weighted by atomic mass is 10.0. The highest BCUT2D eigenvalue weighted by Gasteiger charge is 2.18. The summed E-state index contributed by atoms with van der Waals surface area (Å²) in [5.74, 6) is 0.0947. The maximum atomic E-state index is 12.8. The molecule has 0 saturated heterocycles. The second kappa shape index (κ2) is 15.4. The summed E-state index contributed by atoms with van der Waals surface area (Å²) >= 11 is 0. The van der Waals surface area contributed by atoms with Gasteiger partial charge in [0.2, 0.25) is 5.91 Å². The van der Waals surface area contributed by atoms with E-state index in [1.165, 1.54) is 0 Å². The zero-order valence-electron chi connectivity index (χ0n) is 21.2. The number of carbonyl (C=O) groups is 3. The molecule has 7 heteroatoms. The van der Waals surface area contributed by atoms with Crippen molar-refractivity contribution in [2.45, 2.75) is 72.8 Å². The van der Waals surface area contributed by atoms with Gasteiger partial charge >= 0.3 is 0 Å². The van der Waals surface area contributed by atoms with Crippen molar-refractivity contribution in [3.63, 3.8) is 0 Å². The largest absolute Gasteiger partial charge is 0.356 e. The third kappa shape index (κ3) is 10.4. The third-order valence-electron chi connectivity index (χ3n) is 5.91. The summed E-state index contributed by atoms with van der Waals surface area (Å²) < 4.78 is 0. The molecule has 0 aromatic heterocycles. The van der Waals surface area contributed by atoms with E-state index in [1.54, 1.807) is 24.3 Å². The molecule has 7 nitrogen and oxygen atoms in total. The van der Waals surface area contributed by atoms with Crippen molar-refractivity contribution < 1.29 is 14.4 Å². The molecular weight excluding hydrogens is 416 g/mol. The highest BCUT2D eigenvalue weighted by Crippen LogP contribution is 2.11. The SMILES string of the molecule is CCCN(CCC)C(=O)c1cccc(C(=O)NCC(N)CCC(C)C(=O)NCC(C)CC)c1. The Labute approximate surface area is 199 Å². The van der Waals surface area contributed by atoms with Crippen LogP contribution in [0, 0.1) is 11.8 Å². The van der Waals surface area contributed by atoms with Gasteiger partial charge in [0, 0.05) is 49.3 Å². The van der Waals surface area contributed by atoms with Crippen LogP contribution in [0.5, 0.6) is 0 Å². The fourth-order valence-electron chi connectivity index (χ4n) is 3.45. The van der Waals surface area contributed by atoms with Gasteiger partial charge in [-0.1, -0.05) is 47.1 Å². The van der Waals surface area contributed by atoms with E-state index in [1.807, 2.05) is 25.7 Å². The van der Waals surface area contributed by atoms with E-state index < -0.39 is 0 Å². The molecule has 0 bridgehead atoms. The van der Waals surface area contributed by atoms with E-state index in [4.69, 9.17) is 5.73 Å². The van der Waals surface area contributed by atoms with Gasteiger partial charge in [-0.25, -0.2) is 0 Å². The van der Waals surface area contributed by atoms with Crippen molar-refractivity contribution >= 4 is 17.7 Å². The first-order chi connectivity index (χ1) is 15.7. The lowest BCUT2D eigenvalue weighted by Gasteiger charge is -2.21. The molecule has 33 heavy (non-hydrogen) atoms. The molecule has 3 unspecified atom stereocenters. The number of nitrogens with zero attached hydrogens (tertiary/aromatic N) is 1. The second-order valence-electron chi connectivity index (χ2n) is 9.08. The molecule has 0 aliphatic heterocycles. The van der Waals surface area contributed by atoms with Crippen molar-refractivity contribution in [1.29, 1.82) is 0 Å². The number of benzene rings is 1. The Hall–Kier alpha value is -2.41. The number of carbonyl (C=O) groups excluding carboxylic acids is 3. The Morgan fingerprint density at radius 2 is 1.58 bits per heavy atom. The zero-order chi connectivity index (χ0) is 24.8. The van der Waals surface area contributed by atoms with Crippen LogP contribution in [-0.4, -0.2) is 54.8 Å². The minimum Gasteiger partial charge on any atom is -0.356 e. The molecule has 1 rings (SSSR count). The number of nitrogens with two attached hydrogens (primary N) is 1. The molecule has 0 radical (unpaired) electrons. The van der Waals surface area contributed by atoms with E-state index in [2.05, 4.69) is 24.5 Å². The quantitative estimate of drug-likeness (QED) is 0.372. The molecule has 1 aromatic rings. The summed E-state index contributed by atoms with van der Waals surface area (Å²) in [7, 11) is 0. The summed E-state index contributed by atoms with van der Waals surface area (Å²) in [5, 5.41) is 5.84. The van der Waals surface area contributed by atoms with Crippen molar-refractivity contribution in [1.82, 2.24) is 15.5 Å². The molecule has 4 N–H and O–H groups in total. The fraction of sp³-hybridized carbons (Fsp3) is 0.654. The number of hydrogen-bond donors (Lipinski definition) is 3. The Bertz CT molecular complexity index is 747. The smallest absolute Gasteiger partial charge is 0.253 e. The standard InChI is InChI=1S/C26H44N4O3/c1-6-14-30(15-7-2)26(33)22-11-9-10-21(16-22)25(32)29-18-23(27)13-12-20(5)24(31)28-17-19(4)8-3/h9-11,16,19-20,23H,6-8,12-15,17-18,27H2,1-5H3,(H,28,31)(H,29,32). The van der Waals surface area contributed by atoms with Crippen molar-refractivity contribution in [3.8, 4) is 0 Å². The van der Waals surface area contributed by atoms with Crippen LogP contribution < -0.4 is 16.4 Å². The van der Waals surface area contributed by atoms with Gasteiger partial charge in [-0.2, -0.15) is 0 Å². The first-order valence-electron chi connectivity index (χ1n) is 12.4. The predicted octanol–water partition coefficient (Wildman–Crippen LogP) is 3.58. The topological polar surface area (TPSA) is 105 Å². The van der Waals surface area contributed by atoms with Gasteiger partial charge in [0.15, 0.2) is 0 Å². The number of hydrogen-bond acceptors (Lipinski definition) is 4. The molecule has 3 atom stereocenters. The van der Waals surface area contributed by atoms with Gasteiger partial charge in [0.05, 0.1) is 0 Å². The number of rotatable bonds is 15. The van der Waals surface area contributed by atoms with Gasteiger partial charge in [-0.3, -0.25) is 14.4 Å². The molecule has 0 aliphatic carbocycles. The van der Waals surface area contributed by atoms with E-state index in [0.717, 1.165) is 19.3 Å². The maximum absolute atomic E-state index is 12.8.